The van der Waals surface area contributed by atoms with E-state index in [2.05, 4.69) is 21.3 Å². The Morgan fingerprint density at radius 3 is 2.52 bits per heavy atom. The molecule has 0 aliphatic carbocycles. The van der Waals surface area contributed by atoms with E-state index in [0.29, 0.717) is 11.3 Å². The summed E-state index contributed by atoms with van der Waals surface area (Å²) < 4.78 is 0. The number of amides is 5. The standard InChI is InChI=1S/C21H20N4O4/c1-21(19(28)24-20(29)25-21)15-8-5-9-16(12-15)23-18(27)13-22-17(26)11-10-14-6-3-2-4-7-14/h2-12H,13H2,1H3,(H,22,26)(H,23,27)(H2,24,25,28,29)/b11-10+. The van der Waals surface area contributed by atoms with Crippen molar-refractivity contribution in [2.24, 2.45) is 0 Å². The molecule has 4 N–H and O–H groups in total. The highest BCUT2D eigenvalue weighted by atomic mass is 16.2. The highest BCUT2D eigenvalue weighted by molar-refractivity contribution is 6.07. The summed E-state index contributed by atoms with van der Waals surface area (Å²) in [6, 6.07) is 15.3. The van der Waals surface area contributed by atoms with Gasteiger partial charge in [-0.05, 0) is 36.3 Å². The number of carbonyl (C=O) groups is 4. The van der Waals surface area contributed by atoms with Crippen molar-refractivity contribution < 1.29 is 19.2 Å². The average molecular weight is 392 g/mol. The van der Waals surface area contributed by atoms with Gasteiger partial charge in [0.15, 0.2) is 0 Å². The first kappa shape index (κ1) is 19.8. The molecular weight excluding hydrogens is 372 g/mol. The Morgan fingerprint density at radius 2 is 1.83 bits per heavy atom. The monoisotopic (exact) mass is 392 g/mol. The van der Waals surface area contributed by atoms with Crippen LogP contribution in [0, 0.1) is 0 Å². The quantitative estimate of drug-likeness (QED) is 0.440. The highest BCUT2D eigenvalue weighted by Gasteiger charge is 2.43. The first-order valence-electron chi connectivity index (χ1n) is 8.92. The van der Waals surface area contributed by atoms with Gasteiger partial charge in [0.05, 0.1) is 6.54 Å². The molecule has 2 aromatic rings. The molecule has 8 heteroatoms. The third-order valence-corrected chi connectivity index (χ3v) is 4.42. The zero-order valence-electron chi connectivity index (χ0n) is 15.7. The number of urea groups is 1. The van der Waals surface area contributed by atoms with E-state index in [9.17, 15) is 19.2 Å². The molecule has 1 aliphatic heterocycles. The number of hydrogen-bond acceptors (Lipinski definition) is 4. The Balaban J connectivity index is 1.56. The molecule has 3 rings (SSSR count). The molecule has 0 radical (unpaired) electrons. The molecule has 0 saturated carbocycles. The molecule has 148 valence electrons. The number of nitrogens with one attached hydrogen (secondary N) is 4. The summed E-state index contributed by atoms with van der Waals surface area (Å²) in [7, 11) is 0. The lowest BCUT2D eigenvalue weighted by Gasteiger charge is -2.21. The van der Waals surface area contributed by atoms with Crippen LogP contribution in [-0.4, -0.2) is 30.3 Å². The van der Waals surface area contributed by atoms with Crippen molar-refractivity contribution in [1.82, 2.24) is 16.0 Å². The van der Waals surface area contributed by atoms with Crippen molar-refractivity contribution in [3.05, 3.63) is 71.8 Å². The largest absolute Gasteiger partial charge is 0.343 e. The first-order valence-corrected chi connectivity index (χ1v) is 8.92. The molecule has 8 nitrogen and oxygen atoms in total. The maximum atomic E-state index is 12.1. The number of carbonyl (C=O) groups excluding carboxylic acids is 4. The minimum Gasteiger partial charge on any atom is -0.343 e. The molecular formula is C21H20N4O4. The highest BCUT2D eigenvalue weighted by Crippen LogP contribution is 2.26. The minimum atomic E-state index is -1.21. The average Bonchev–Trinajstić information content (AvgIpc) is 2.98. The Kier molecular flexibility index (Phi) is 5.73. The van der Waals surface area contributed by atoms with Gasteiger partial charge in [0.25, 0.3) is 5.91 Å². The van der Waals surface area contributed by atoms with Crippen LogP contribution in [0.3, 0.4) is 0 Å². The predicted octanol–water partition coefficient (Wildman–Crippen LogP) is 1.51. The first-order chi connectivity index (χ1) is 13.9. The minimum absolute atomic E-state index is 0.212. The lowest BCUT2D eigenvalue weighted by molar-refractivity contribution is -0.123. The molecule has 29 heavy (non-hydrogen) atoms. The maximum Gasteiger partial charge on any atom is 0.322 e. The van der Waals surface area contributed by atoms with Gasteiger partial charge in [-0.1, -0.05) is 42.5 Å². The molecule has 2 aromatic carbocycles. The molecule has 1 aliphatic rings. The third kappa shape index (κ3) is 4.86. The number of benzene rings is 2. The van der Waals surface area contributed by atoms with E-state index in [1.807, 2.05) is 30.3 Å². The fourth-order valence-electron chi connectivity index (χ4n) is 2.82. The maximum absolute atomic E-state index is 12.1. The van der Waals surface area contributed by atoms with E-state index in [0.717, 1.165) is 5.56 Å². The topological polar surface area (TPSA) is 116 Å². The summed E-state index contributed by atoms with van der Waals surface area (Å²) in [5.74, 6) is -1.28. The van der Waals surface area contributed by atoms with Crippen molar-refractivity contribution >= 4 is 35.5 Å². The van der Waals surface area contributed by atoms with Crippen LogP contribution in [0.25, 0.3) is 6.08 Å². The van der Waals surface area contributed by atoms with E-state index in [4.69, 9.17) is 0 Å². The van der Waals surface area contributed by atoms with Crippen molar-refractivity contribution in [2.75, 3.05) is 11.9 Å². The third-order valence-electron chi connectivity index (χ3n) is 4.42. The second kappa shape index (κ2) is 8.39. The summed E-state index contributed by atoms with van der Waals surface area (Å²) in [4.78, 5) is 47.5. The smallest absolute Gasteiger partial charge is 0.322 e. The Hall–Kier alpha value is -3.94. The van der Waals surface area contributed by atoms with Crippen LogP contribution in [0.15, 0.2) is 60.7 Å². The van der Waals surface area contributed by atoms with Crippen LogP contribution in [0.4, 0.5) is 10.5 Å². The zero-order valence-corrected chi connectivity index (χ0v) is 15.7. The molecule has 1 unspecified atom stereocenters. The van der Waals surface area contributed by atoms with Crippen LogP contribution in [0.1, 0.15) is 18.1 Å². The van der Waals surface area contributed by atoms with Crippen LogP contribution < -0.4 is 21.3 Å². The predicted molar refractivity (Wildman–Crippen MR) is 108 cm³/mol. The van der Waals surface area contributed by atoms with Gasteiger partial charge in [-0.3, -0.25) is 19.7 Å². The zero-order chi connectivity index (χ0) is 20.9. The summed E-state index contributed by atoms with van der Waals surface area (Å²) in [6.45, 7) is 1.37. The summed E-state index contributed by atoms with van der Waals surface area (Å²) in [5, 5.41) is 9.92. The van der Waals surface area contributed by atoms with Gasteiger partial charge in [0.1, 0.15) is 5.54 Å². The summed E-state index contributed by atoms with van der Waals surface area (Å²) >= 11 is 0. The van der Waals surface area contributed by atoms with E-state index >= 15 is 0 Å². The van der Waals surface area contributed by atoms with Gasteiger partial charge < -0.3 is 16.0 Å². The van der Waals surface area contributed by atoms with Gasteiger partial charge in [-0.25, -0.2) is 4.79 Å². The van der Waals surface area contributed by atoms with Crippen molar-refractivity contribution in [3.8, 4) is 0 Å². The fraction of sp³-hybridized carbons (Fsp3) is 0.143. The van der Waals surface area contributed by atoms with Crippen LogP contribution in [0.5, 0.6) is 0 Å². The van der Waals surface area contributed by atoms with Crippen molar-refractivity contribution in [1.29, 1.82) is 0 Å². The fourth-order valence-corrected chi connectivity index (χ4v) is 2.82. The SMILES string of the molecule is CC1(c2cccc(NC(=O)CNC(=O)/C=C/c3ccccc3)c2)NC(=O)NC1=O. The molecule has 1 atom stereocenters. The normalized spacial score (nSPS) is 18.2. The molecule has 0 bridgehead atoms. The van der Waals surface area contributed by atoms with E-state index < -0.39 is 29.3 Å². The molecule has 0 aromatic heterocycles. The van der Waals surface area contributed by atoms with Gasteiger partial charge in [0, 0.05) is 11.8 Å². The van der Waals surface area contributed by atoms with E-state index in [1.54, 1.807) is 37.3 Å². The van der Waals surface area contributed by atoms with Gasteiger partial charge in [-0.2, -0.15) is 0 Å². The number of imide groups is 1. The lowest BCUT2D eigenvalue weighted by Crippen LogP contribution is -2.40. The number of rotatable bonds is 6. The van der Waals surface area contributed by atoms with Crippen molar-refractivity contribution in [3.63, 3.8) is 0 Å². The van der Waals surface area contributed by atoms with Crippen LogP contribution in [0.2, 0.25) is 0 Å². The number of hydrogen-bond donors (Lipinski definition) is 4. The summed E-state index contributed by atoms with van der Waals surface area (Å²) in [6.07, 6.45) is 3.00. The molecule has 1 heterocycles. The van der Waals surface area contributed by atoms with Crippen LogP contribution >= 0.6 is 0 Å². The second-order valence-corrected chi connectivity index (χ2v) is 6.62. The Morgan fingerprint density at radius 1 is 1.07 bits per heavy atom. The lowest BCUT2D eigenvalue weighted by atomic mass is 9.92. The molecule has 5 amide bonds. The summed E-state index contributed by atoms with van der Waals surface area (Å²) in [5.41, 5.74) is 0.625. The van der Waals surface area contributed by atoms with E-state index in [-0.39, 0.29) is 6.54 Å². The van der Waals surface area contributed by atoms with E-state index in [1.165, 1.54) is 6.08 Å². The van der Waals surface area contributed by atoms with Gasteiger partial charge >= 0.3 is 6.03 Å². The van der Waals surface area contributed by atoms with Gasteiger partial charge in [-0.15, -0.1) is 0 Å². The van der Waals surface area contributed by atoms with Gasteiger partial charge in [0.2, 0.25) is 11.8 Å². The molecule has 1 saturated heterocycles. The van der Waals surface area contributed by atoms with Crippen LogP contribution in [-0.2, 0) is 19.9 Å². The second-order valence-electron chi connectivity index (χ2n) is 6.62. The van der Waals surface area contributed by atoms with Crippen molar-refractivity contribution in [2.45, 2.75) is 12.5 Å². The molecule has 0 spiro atoms. The Bertz CT molecular complexity index is 987. The Labute approximate surface area is 167 Å². The number of anilines is 1. The molecule has 1 fully saturated rings.